The van der Waals surface area contributed by atoms with E-state index in [1.54, 1.807) is 4.90 Å². The molecule has 0 spiro atoms. The van der Waals surface area contributed by atoms with Crippen molar-refractivity contribution < 1.29 is 23.7 Å². The van der Waals surface area contributed by atoms with Gasteiger partial charge in [-0.15, -0.1) is 0 Å². The van der Waals surface area contributed by atoms with Crippen LogP contribution in [0.2, 0.25) is 0 Å². The van der Waals surface area contributed by atoms with E-state index in [1.807, 2.05) is 30.3 Å². The van der Waals surface area contributed by atoms with Gasteiger partial charge < -0.3 is 19.0 Å². The van der Waals surface area contributed by atoms with Gasteiger partial charge in [-0.25, -0.2) is 4.79 Å². The van der Waals surface area contributed by atoms with E-state index in [9.17, 15) is 19.7 Å². The van der Waals surface area contributed by atoms with Gasteiger partial charge in [0.05, 0.1) is 6.07 Å². The van der Waals surface area contributed by atoms with Gasteiger partial charge in [0.2, 0.25) is 0 Å². The molecule has 28 heavy (non-hydrogen) atoms. The molecule has 1 aromatic heterocycles. The summed E-state index contributed by atoms with van der Waals surface area (Å²) in [4.78, 5) is 37.6. The molecule has 0 N–H and O–H groups in total. The Hall–Kier alpha value is -3.62. The van der Waals surface area contributed by atoms with Crippen LogP contribution >= 0.6 is 0 Å². The highest BCUT2D eigenvalue weighted by Crippen LogP contribution is 2.17. The minimum absolute atomic E-state index is 0.145. The molecule has 3 rings (SSSR count). The van der Waals surface area contributed by atoms with E-state index in [2.05, 4.69) is 4.90 Å². The van der Waals surface area contributed by atoms with Crippen molar-refractivity contribution in [2.45, 2.75) is 0 Å². The lowest BCUT2D eigenvalue weighted by Gasteiger charge is -2.36. The fourth-order valence-electron chi connectivity index (χ4n) is 2.81. The van der Waals surface area contributed by atoms with Crippen LogP contribution < -0.4 is 4.90 Å². The summed E-state index contributed by atoms with van der Waals surface area (Å²) in [6.45, 7) is 2.17. The van der Waals surface area contributed by atoms with Crippen molar-refractivity contribution in [3.05, 3.63) is 64.4 Å². The molecule has 1 aromatic carbocycles. The summed E-state index contributed by atoms with van der Waals surface area (Å²) < 4.78 is 9.83. The third kappa shape index (κ3) is 4.97. The molecule has 0 atom stereocenters. The van der Waals surface area contributed by atoms with Crippen LogP contribution in [-0.2, 0) is 14.3 Å². The second-order valence-electron chi connectivity index (χ2n) is 6.08. The van der Waals surface area contributed by atoms with Crippen molar-refractivity contribution in [1.29, 1.82) is 0 Å². The molecule has 1 fully saturated rings. The maximum absolute atomic E-state index is 12.2. The number of rotatable bonds is 6. The number of furan rings is 1. The molecule has 2 heterocycles. The second kappa shape index (κ2) is 8.85. The van der Waals surface area contributed by atoms with Crippen LogP contribution in [-0.4, -0.2) is 54.5 Å². The number of nitrogens with zero attached hydrogens (tertiary/aromatic N) is 3. The highest BCUT2D eigenvalue weighted by molar-refractivity contribution is 5.89. The van der Waals surface area contributed by atoms with Gasteiger partial charge >= 0.3 is 11.9 Å². The lowest BCUT2D eigenvalue weighted by molar-refractivity contribution is -0.402. The van der Waals surface area contributed by atoms with Gasteiger partial charge in [0.25, 0.3) is 5.91 Å². The number of nitro groups is 1. The first-order valence-electron chi connectivity index (χ1n) is 8.70. The van der Waals surface area contributed by atoms with Crippen molar-refractivity contribution in [2.75, 3.05) is 37.7 Å². The quantitative estimate of drug-likeness (QED) is 0.324. The summed E-state index contributed by atoms with van der Waals surface area (Å²) in [6, 6.07) is 12.5. The zero-order valence-corrected chi connectivity index (χ0v) is 15.0. The minimum atomic E-state index is -0.727. The van der Waals surface area contributed by atoms with Crippen LogP contribution in [0.15, 0.2) is 53.0 Å². The van der Waals surface area contributed by atoms with Crippen LogP contribution in [0.25, 0.3) is 6.08 Å². The molecule has 2 aromatic rings. The molecule has 1 amide bonds. The van der Waals surface area contributed by atoms with Gasteiger partial charge in [-0.2, -0.15) is 0 Å². The summed E-state index contributed by atoms with van der Waals surface area (Å²) in [5.74, 6) is -1.26. The predicted octanol–water partition coefficient (Wildman–Crippen LogP) is 2.09. The Morgan fingerprint density at radius 1 is 1.11 bits per heavy atom. The molecular weight excluding hydrogens is 366 g/mol. The highest BCUT2D eigenvalue weighted by atomic mass is 16.6. The van der Waals surface area contributed by atoms with E-state index in [0.717, 1.165) is 11.8 Å². The lowest BCUT2D eigenvalue weighted by Crippen LogP contribution is -2.49. The van der Waals surface area contributed by atoms with Gasteiger partial charge in [-0.1, -0.05) is 18.2 Å². The molecule has 0 unspecified atom stereocenters. The summed E-state index contributed by atoms with van der Waals surface area (Å²) in [5.41, 5.74) is 1.12. The zero-order chi connectivity index (χ0) is 19.9. The van der Waals surface area contributed by atoms with E-state index in [0.29, 0.717) is 26.2 Å². The molecular formula is C19H19N3O6. The average Bonchev–Trinajstić information content (AvgIpc) is 3.21. The third-order valence-electron chi connectivity index (χ3n) is 4.27. The van der Waals surface area contributed by atoms with Crippen LogP contribution in [0.5, 0.6) is 0 Å². The number of benzene rings is 1. The summed E-state index contributed by atoms with van der Waals surface area (Å²) in [5, 5.41) is 10.5. The first kappa shape index (κ1) is 19.2. The molecule has 0 aliphatic carbocycles. The molecule has 0 radical (unpaired) electrons. The maximum Gasteiger partial charge on any atom is 0.433 e. The molecule has 1 saturated heterocycles. The Morgan fingerprint density at radius 3 is 2.46 bits per heavy atom. The number of carbonyl (C=O) groups excluding carboxylic acids is 2. The van der Waals surface area contributed by atoms with Gasteiger partial charge in [0.15, 0.2) is 6.61 Å². The fraction of sp³-hybridized carbons (Fsp3) is 0.263. The van der Waals surface area contributed by atoms with E-state index < -0.39 is 16.8 Å². The number of amides is 1. The van der Waals surface area contributed by atoms with Crippen LogP contribution in [0, 0.1) is 10.1 Å². The van der Waals surface area contributed by atoms with E-state index >= 15 is 0 Å². The van der Waals surface area contributed by atoms with Crippen LogP contribution in [0.4, 0.5) is 11.6 Å². The Morgan fingerprint density at radius 2 is 1.82 bits per heavy atom. The number of esters is 1. The number of hydrogen-bond acceptors (Lipinski definition) is 7. The van der Waals surface area contributed by atoms with Crippen molar-refractivity contribution >= 4 is 29.5 Å². The molecule has 1 aliphatic rings. The first-order chi connectivity index (χ1) is 13.5. The Labute approximate surface area is 160 Å². The lowest BCUT2D eigenvalue weighted by atomic mass is 10.2. The summed E-state index contributed by atoms with van der Waals surface area (Å²) in [7, 11) is 0. The number of carbonyl (C=O) groups is 2. The van der Waals surface area contributed by atoms with Crippen molar-refractivity contribution in [3.8, 4) is 0 Å². The van der Waals surface area contributed by atoms with Crippen molar-refractivity contribution in [2.24, 2.45) is 0 Å². The van der Waals surface area contributed by atoms with E-state index in [1.165, 1.54) is 18.2 Å². The molecule has 9 heteroatoms. The predicted molar refractivity (Wildman–Crippen MR) is 101 cm³/mol. The normalized spacial score (nSPS) is 14.3. The number of anilines is 1. The standard InChI is InChI=1S/C19H19N3O6/c23-17(21-12-10-20(11-13-21)15-4-2-1-3-5-15)14-27-19(24)9-7-16-6-8-18(28-16)22(25)26/h1-9H,10-14H2/b9-7+. The number of ether oxygens (including phenoxy) is 1. The van der Waals surface area contributed by atoms with E-state index in [-0.39, 0.29) is 18.3 Å². The van der Waals surface area contributed by atoms with Gasteiger partial charge in [-0.3, -0.25) is 14.9 Å². The molecule has 146 valence electrons. The molecule has 1 aliphatic heterocycles. The number of hydrogen-bond donors (Lipinski definition) is 0. The average molecular weight is 385 g/mol. The number of piperazine rings is 1. The van der Waals surface area contributed by atoms with Crippen LogP contribution in [0.3, 0.4) is 0 Å². The van der Waals surface area contributed by atoms with Crippen LogP contribution in [0.1, 0.15) is 5.76 Å². The molecule has 0 bridgehead atoms. The van der Waals surface area contributed by atoms with Crippen molar-refractivity contribution in [1.82, 2.24) is 4.90 Å². The largest absolute Gasteiger partial charge is 0.452 e. The number of para-hydroxylation sites is 1. The monoisotopic (exact) mass is 385 g/mol. The topological polar surface area (TPSA) is 106 Å². The Balaban J connectivity index is 1.42. The van der Waals surface area contributed by atoms with Gasteiger partial charge in [-0.05, 0) is 24.3 Å². The molecule has 9 nitrogen and oxygen atoms in total. The van der Waals surface area contributed by atoms with Gasteiger partial charge in [0, 0.05) is 37.9 Å². The summed E-state index contributed by atoms with van der Waals surface area (Å²) in [6.07, 6.45) is 2.31. The first-order valence-corrected chi connectivity index (χ1v) is 8.70. The minimum Gasteiger partial charge on any atom is -0.452 e. The summed E-state index contributed by atoms with van der Waals surface area (Å²) >= 11 is 0. The fourth-order valence-corrected chi connectivity index (χ4v) is 2.81. The Kier molecular flexibility index (Phi) is 6.05. The smallest absolute Gasteiger partial charge is 0.433 e. The maximum atomic E-state index is 12.2. The highest BCUT2D eigenvalue weighted by Gasteiger charge is 2.21. The second-order valence-corrected chi connectivity index (χ2v) is 6.08. The van der Waals surface area contributed by atoms with E-state index in [4.69, 9.17) is 9.15 Å². The Bertz CT molecular complexity index is 869. The molecule has 0 saturated carbocycles. The third-order valence-corrected chi connectivity index (χ3v) is 4.27. The SMILES string of the molecule is O=C(/C=C/c1ccc([N+](=O)[O-])o1)OCC(=O)N1CCN(c2ccccc2)CC1. The van der Waals surface area contributed by atoms with Gasteiger partial charge in [0.1, 0.15) is 10.7 Å². The zero-order valence-electron chi connectivity index (χ0n) is 15.0. The van der Waals surface area contributed by atoms with Crippen molar-refractivity contribution in [3.63, 3.8) is 0 Å².